The zero-order valence-electron chi connectivity index (χ0n) is 13.2. The average Bonchev–Trinajstić information content (AvgIpc) is 2.41. The van der Waals surface area contributed by atoms with Crippen molar-refractivity contribution in [2.24, 2.45) is 5.92 Å². The van der Waals surface area contributed by atoms with Gasteiger partial charge in [0.1, 0.15) is 11.5 Å². The standard InChI is InChI=1S/C18H28O2/c1-5-7-12-19-17-10-9-16(8-6-2)18(14-17)20-13-11-15(3)4/h6,9-10,14-15H,2,5,7-8,11-13H2,1,3-4H3. The van der Waals surface area contributed by atoms with Gasteiger partial charge in [-0.2, -0.15) is 0 Å². The van der Waals surface area contributed by atoms with Crippen molar-refractivity contribution >= 4 is 0 Å². The molecule has 1 aromatic rings. The molecule has 0 heterocycles. The van der Waals surface area contributed by atoms with E-state index in [0.717, 1.165) is 50.4 Å². The molecule has 0 radical (unpaired) electrons. The Morgan fingerprint density at radius 3 is 2.65 bits per heavy atom. The van der Waals surface area contributed by atoms with Crippen LogP contribution < -0.4 is 9.47 Å². The first-order valence-electron chi connectivity index (χ1n) is 7.66. The largest absolute Gasteiger partial charge is 0.493 e. The number of hydrogen-bond acceptors (Lipinski definition) is 2. The Kier molecular flexibility index (Phi) is 7.86. The molecule has 0 bridgehead atoms. The smallest absolute Gasteiger partial charge is 0.126 e. The van der Waals surface area contributed by atoms with Crippen LogP contribution in [0.15, 0.2) is 30.9 Å². The maximum Gasteiger partial charge on any atom is 0.126 e. The summed E-state index contributed by atoms with van der Waals surface area (Å²) in [6.45, 7) is 11.9. The van der Waals surface area contributed by atoms with Crippen LogP contribution in [-0.4, -0.2) is 13.2 Å². The zero-order valence-corrected chi connectivity index (χ0v) is 13.2. The van der Waals surface area contributed by atoms with E-state index >= 15 is 0 Å². The number of benzene rings is 1. The van der Waals surface area contributed by atoms with E-state index in [2.05, 4.69) is 33.4 Å². The Balaban J connectivity index is 2.68. The van der Waals surface area contributed by atoms with Crippen molar-refractivity contribution in [1.82, 2.24) is 0 Å². The highest BCUT2D eigenvalue weighted by Gasteiger charge is 2.06. The highest BCUT2D eigenvalue weighted by Crippen LogP contribution is 2.26. The molecule has 0 saturated carbocycles. The molecule has 2 nitrogen and oxygen atoms in total. The van der Waals surface area contributed by atoms with Crippen molar-refractivity contribution in [3.8, 4) is 11.5 Å². The fraction of sp³-hybridized carbons (Fsp3) is 0.556. The van der Waals surface area contributed by atoms with E-state index in [9.17, 15) is 0 Å². The maximum absolute atomic E-state index is 5.92. The number of rotatable bonds is 10. The van der Waals surface area contributed by atoms with Crippen LogP contribution in [0.2, 0.25) is 0 Å². The molecule has 0 spiro atoms. The second-order valence-electron chi connectivity index (χ2n) is 5.50. The fourth-order valence-electron chi connectivity index (χ4n) is 1.82. The van der Waals surface area contributed by atoms with Gasteiger partial charge >= 0.3 is 0 Å². The molecular weight excluding hydrogens is 248 g/mol. The Hall–Kier alpha value is -1.44. The molecule has 0 aromatic heterocycles. The minimum Gasteiger partial charge on any atom is -0.493 e. The van der Waals surface area contributed by atoms with Gasteiger partial charge in [0, 0.05) is 6.07 Å². The monoisotopic (exact) mass is 276 g/mol. The summed E-state index contributed by atoms with van der Waals surface area (Å²) in [5, 5.41) is 0. The van der Waals surface area contributed by atoms with Gasteiger partial charge in [-0.05, 0) is 36.8 Å². The van der Waals surface area contributed by atoms with Crippen LogP contribution in [0.4, 0.5) is 0 Å². The lowest BCUT2D eigenvalue weighted by molar-refractivity contribution is 0.280. The number of ether oxygens (including phenoxy) is 2. The molecule has 0 amide bonds. The van der Waals surface area contributed by atoms with Gasteiger partial charge in [0.2, 0.25) is 0 Å². The molecule has 0 N–H and O–H groups in total. The van der Waals surface area contributed by atoms with Crippen LogP contribution in [0.5, 0.6) is 11.5 Å². The van der Waals surface area contributed by atoms with Crippen molar-refractivity contribution in [1.29, 1.82) is 0 Å². The molecule has 0 fully saturated rings. The third-order valence-corrected chi connectivity index (χ3v) is 3.12. The van der Waals surface area contributed by atoms with Gasteiger partial charge in [-0.3, -0.25) is 0 Å². The van der Waals surface area contributed by atoms with E-state index in [-0.39, 0.29) is 0 Å². The molecule has 0 atom stereocenters. The highest BCUT2D eigenvalue weighted by atomic mass is 16.5. The molecule has 0 saturated heterocycles. The Bertz CT molecular complexity index is 396. The van der Waals surface area contributed by atoms with Gasteiger partial charge in [0.15, 0.2) is 0 Å². The van der Waals surface area contributed by atoms with Gasteiger partial charge in [0.25, 0.3) is 0 Å². The van der Waals surface area contributed by atoms with Crippen molar-refractivity contribution < 1.29 is 9.47 Å². The summed E-state index contributed by atoms with van der Waals surface area (Å²) >= 11 is 0. The van der Waals surface area contributed by atoms with E-state index in [1.165, 1.54) is 5.56 Å². The molecule has 2 heteroatoms. The number of unbranched alkanes of at least 4 members (excludes halogenated alkanes) is 1. The molecule has 0 aliphatic carbocycles. The van der Waals surface area contributed by atoms with Gasteiger partial charge in [-0.1, -0.05) is 39.3 Å². The topological polar surface area (TPSA) is 18.5 Å². The van der Waals surface area contributed by atoms with Gasteiger partial charge in [-0.15, -0.1) is 6.58 Å². The lowest BCUT2D eigenvalue weighted by Gasteiger charge is -2.14. The minimum atomic E-state index is 0.654. The lowest BCUT2D eigenvalue weighted by atomic mass is 10.1. The minimum absolute atomic E-state index is 0.654. The van der Waals surface area contributed by atoms with Gasteiger partial charge < -0.3 is 9.47 Å². The Morgan fingerprint density at radius 1 is 1.20 bits per heavy atom. The van der Waals surface area contributed by atoms with Crippen molar-refractivity contribution in [2.45, 2.75) is 46.5 Å². The molecule has 0 aliphatic rings. The van der Waals surface area contributed by atoms with E-state index in [4.69, 9.17) is 9.47 Å². The van der Waals surface area contributed by atoms with Gasteiger partial charge in [-0.25, -0.2) is 0 Å². The lowest BCUT2D eigenvalue weighted by Crippen LogP contribution is -2.04. The fourth-order valence-corrected chi connectivity index (χ4v) is 1.82. The molecule has 112 valence electrons. The van der Waals surface area contributed by atoms with Gasteiger partial charge in [0.05, 0.1) is 13.2 Å². The predicted octanol–water partition coefficient (Wildman–Crippen LogP) is 5.02. The first-order chi connectivity index (χ1) is 9.67. The van der Waals surface area contributed by atoms with Crippen LogP contribution >= 0.6 is 0 Å². The summed E-state index contributed by atoms with van der Waals surface area (Å²) in [6, 6.07) is 6.10. The van der Waals surface area contributed by atoms with Crippen molar-refractivity contribution in [3.63, 3.8) is 0 Å². The highest BCUT2D eigenvalue weighted by molar-refractivity contribution is 5.41. The molecular formula is C18H28O2. The Morgan fingerprint density at radius 2 is 2.00 bits per heavy atom. The van der Waals surface area contributed by atoms with E-state index in [0.29, 0.717) is 5.92 Å². The summed E-state index contributed by atoms with van der Waals surface area (Å²) in [5.74, 6) is 2.48. The number of allylic oxidation sites excluding steroid dienone is 1. The normalized spacial score (nSPS) is 10.6. The summed E-state index contributed by atoms with van der Waals surface area (Å²) in [4.78, 5) is 0. The van der Waals surface area contributed by atoms with Crippen molar-refractivity contribution in [2.75, 3.05) is 13.2 Å². The molecule has 1 aromatic carbocycles. The summed E-state index contributed by atoms with van der Waals surface area (Å²) in [7, 11) is 0. The second kappa shape index (κ2) is 9.46. The summed E-state index contributed by atoms with van der Waals surface area (Å²) in [6.07, 6.45) is 6.02. The first-order valence-corrected chi connectivity index (χ1v) is 7.66. The van der Waals surface area contributed by atoms with E-state index in [1.807, 2.05) is 18.2 Å². The summed E-state index contributed by atoms with van der Waals surface area (Å²) < 4.78 is 11.7. The third kappa shape index (κ3) is 6.14. The maximum atomic E-state index is 5.92. The molecule has 0 aliphatic heterocycles. The first kappa shape index (κ1) is 16.6. The molecule has 1 rings (SSSR count). The van der Waals surface area contributed by atoms with Crippen molar-refractivity contribution in [3.05, 3.63) is 36.4 Å². The van der Waals surface area contributed by atoms with Crippen LogP contribution in [0.3, 0.4) is 0 Å². The van der Waals surface area contributed by atoms with E-state index in [1.54, 1.807) is 0 Å². The molecule has 0 unspecified atom stereocenters. The number of hydrogen-bond donors (Lipinski definition) is 0. The van der Waals surface area contributed by atoms with E-state index < -0.39 is 0 Å². The SMILES string of the molecule is C=CCc1ccc(OCCCC)cc1OCCC(C)C. The predicted molar refractivity (Wildman–Crippen MR) is 85.7 cm³/mol. The summed E-state index contributed by atoms with van der Waals surface area (Å²) in [5.41, 5.74) is 1.17. The zero-order chi connectivity index (χ0) is 14.8. The average molecular weight is 276 g/mol. The molecule has 20 heavy (non-hydrogen) atoms. The van der Waals surface area contributed by atoms with Crippen LogP contribution in [0.1, 0.15) is 45.6 Å². The van der Waals surface area contributed by atoms with Crippen LogP contribution in [0, 0.1) is 5.92 Å². The Labute approximate surface area is 123 Å². The second-order valence-corrected chi connectivity index (χ2v) is 5.50. The van der Waals surface area contributed by atoms with Crippen LogP contribution in [-0.2, 0) is 6.42 Å². The van der Waals surface area contributed by atoms with Crippen LogP contribution in [0.25, 0.3) is 0 Å². The quantitative estimate of drug-likeness (QED) is 0.441. The third-order valence-electron chi connectivity index (χ3n) is 3.12.